The van der Waals surface area contributed by atoms with Gasteiger partial charge in [-0.05, 0) is 26.0 Å². The second-order valence-corrected chi connectivity index (χ2v) is 5.89. The summed E-state index contributed by atoms with van der Waals surface area (Å²) >= 11 is 0. The average Bonchev–Trinajstić information content (AvgIpc) is 2.61. The molecule has 24 heavy (non-hydrogen) atoms. The van der Waals surface area contributed by atoms with Gasteiger partial charge in [-0.1, -0.05) is 12.1 Å². The van der Waals surface area contributed by atoms with E-state index in [-0.39, 0.29) is 30.5 Å². The SMILES string of the molecule is CCN(CC)C(=O)CCC(=O)N1CCN(c2ccccc2F)CC1. The lowest BCUT2D eigenvalue weighted by Gasteiger charge is -2.36. The van der Waals surface area contributed by atoms with E-state index in [9.17, 15) is 14.0 Å². The summed E-state index contributed by atoms with van der Waals surface area (Å²) in [6.07, 6.45) is 0.503. The predicted octanol–water partition coefficient (Wildman–Crippen LogP) is 2.12. The monoisotopic (exact) mass is 335 g/mol. The molecular formula is C18H26FN3O2. The van der Waals surface area contributed by atoms with Gasteiger partial charge in [-0.25, -0.2) is 4.39 Å². The molecule has 5 nitrogen and oxygen atoms in total. The Labute approximate surface area is 143 Å². The number of para-hydroxylation sites is 1. The van der Waals surface area contributed by atoms with Gasteiger partial charge in [-0.15, -0.1) is 0 Å². The number of piperazine rings is 1. The van der Waals surface area contributed by atoms with E-state index in [0.717, 1.165) is 0 Å². The topological polar surface area (TPSA) is 43.9 Å². The Morgan fingerprint density at radius 2 is 1.67 bits per heavy atom. The van der Waals surface area contributed by atoms with Crippen molar-refractivity contribution in [2.24, 2.45) is 0 Å². The number of amides is 2. The van der Waals surface area contributed by atoms with Gasteiger partial charge in [0.15, 0.2) is 0 Å². The Hall–Kier alpha value is -2.11. The fourth-order valence-corrected chi connectivity index (χ4v) is 3.01. The largest absolute Gasteiger partial charge is 0.366 e. The highest BCUT2D eigenvalue weighted by atomic mass is 19.1. The number of carbonyl (C=O) groups excluding carboxylic acids is 2. The van der Waals surface area contributed by atoms with Crippen molar-refractivity contribution < 1.29 is 14.0 Å². The summed E-state index contributed by atoms with van der Waals surface area (Å²) in [6, 6.07) is 6.70. The lowest BCUT2D eigenvalue weighted by molar-refractivity contribution is -0.137. The molecule has 1 saturated heterocycles. The van der Waals surface area contributed by atoms with Crippen LogP contribution in [0.1, 0.15) is 26.7 Å². The molecule has 0 aliphatic carbocycles. The highest BCUT2D eigenvalue weighted by Crippen LogP contribution is 2.20. The molecule has 1 aromatic carbocycles. The summed E-state index contributed by atoms with van der Waals surface area (Å²) in [5.74, 6) is -0.205. The maximum atomic E-state index is 13.8. The fraction of sp³-hybridized carbons (Fsp3) is 0.556. The van der Waals surface area contributed by atoms with E-state index < -0.39 is 0 Å². The quantitative estimate of drug-likeness (QED) is 0.800. The minimum absolute atomic E-state index is 0.00342. The van der Waals surface area contributed by atoms with Crippen LogP contribution >= 0.6 is 0 Å². The summed E-state index contributed by atoms with van der Waals surface area (Å²) in [5.41, 5.74) is 0.585. The molecule has 1 aliphatic rings. The number of hydrogen-bond acceptors (Lipinski definition) is 3. The molecule has 0 spiro atoms. The van der Waals surface area contributed by atoms with E-state index in [0.29, 0.717) is 45.0 Å². The number of benzene rings is 1. The third-order valence-electron chi connectivity index (χ3n) is 4.49. The zero-order valence-corrected chi connectivity index (χ0v) is 14.5. The van der Waals surface area contributed by atoms with Gasteiger partial charge >= 0.3 is 0 Å². The highest BCUT2D eigenvalue weighted by molar-refractivity contribution is 5.84. The van der Waals surface area contributed by atoms with Crippen LogP contribution in [0.3, 0.4) is 0 Å². The van der Waals surface area contributed by atoms with E-state index in [2.05, 4.69) is 0 Å². The van der Waals surface area contributed by atoms with Crippen LogP contribution in [0.15, 0.2) is 24.3 Å². The fourth-order valence-electron chi connectivity index (χ4n) is 3.01. The first-order valence-corrected chi connectivity index (χ1v) is 8.61. The van der Waals surface area contributed by atoms with Crippen LogP contribution in [0.4, 0.5) is 10.1 Å². The molecule has 6 heteroatoms. The molecule has 1 fully saturated rings. The molecule has 2 amide bonds. The molecule has 0 unspecified atom stereocenters. The summed E-state index contributed by atoms with van der Waals surface area (Å²) in [4.78, 5) is 29.7. The minimum Gasteiger partial charge on any atom is -0.366 e. The van der Waals surface area contributed by atoms with Gasteiger partial charge in [0, 0.05) is 52.1 Å². The molecule has 1 aliphatic heterocycles. The van der Waals surface area contributed by atoms with Crippen molar-refractivity contribution in [1.29, 1.82) is 0 Å². The second kappa shape index (κ2) is 8.66. The number of rotatable bonds is 6. The number of nitrogens with zero attached hydrogens (tertiary/aromatic N) is 3. The first kappa shape index (κ1) is 18.2. The summed E-state index contributed by atoms with van der Waals surface area (Å²) in [5, 5.41) is 0. The summed E-state index contributed by atoms with van der Waals surface area (Å²) in [6.45, 7) is 7.55. The van der Waals surface area contributed by atoms with E-state index in [4.69, 9.17) is 0 Å². The zero-order chi connectivity index (χ0) is 17.5. The maximum absolute atomic E-state index is 13.8. The molecule has 1 aromatic rings. The molecule has 0 saturated carbocycles. The average molecular weight is 335 g/mol. The molecule has 0 radical (unpaired) electrons. The molecule has 132 valence electrons. The smallest absolute Gasteiger partial charge is 0.223 e. The van der Waals surface area contributed by atoms with E-state index in [1.165, 1.54) is 6.07 Å². The van der Waals surface area contributed by atoms with Gasteiger partial charge in [0.05, 0.1) is 5.69 Å². The van der Waals surface area contributed by atoms with E-state index >= 15 is 0 Å². The Bertz CT molecular complexity index is 567. The zero-order valence-electron chi connectivity index (χ0n) is 14.5. The van der Waals surface area contributed by atoms with Gasteiger partial charge in [-0.2, -0.15) is 0 Å². The van der Waals surface area contributed by atoms with Crippen molar-refractivity contribution in [3.8, 4) is 0 Å². The van der Waals surface area contributed by atoms with Crippen LogP contribution in [-0.4, -0.2) is 60.9 Å². The van der Waals surface area contributed by atoms with Gasteiger partial charge in [0.2, 0.25) is 11.8 Å². The normalized spacial score (nSPS) is 14.6. The van der Waals surface area contributed by atoms with Crippen LogP contribution in [0.5, 0.6) is 0 Å². The maximum Gasteiger partial charge on any atom is 0.223 e. The molecule has 0 N–H and O–H groups in total. The van der Waals surface area contributed by atoms with Crippen LogP contribution in [-0.2, 0) is 9.59 Å². The summed E-state index contributed by atoms with van der Waals surface area (Å²) in [7, 11) is 0. The van der Waals surface area contributed by atoms with Crippen molar-refractivity contribution in [3.05, 3.63) is 30.1 Å². The second-order valence-electron chi connectivity index (χ2n) is 5.89. The molecule has 0 atom stereocenters. The first-order valence-electron chi connectivity index (χ1n) is 8.61. The molecule has 1 heterocycles. The standard InChI is InChI=1S/C18H26FN3O2/c1-3-20(4-2)17(23)9-10-18(24)22-13-11-21(12-14-22)16-8-6-5-7-15(16)19/h5-8H,3-4,9-14H2,1-2H3. The van der Waals surface area contributed by atoms with Crippen molar-refractivity contribution in [1.82, 2.24) is 9.80 Å². The lowest BCUT2D eigenvalue weighted by atomic mass is 10.2. The predicted molar refractivity (Wildman–Crippen MR) is 92.4 cm³/mol. The van der Waals surface area contributed by atoms with Crippen molar-refractivity contribution >= 4 is 17.5 Å². The Kier molecular flexibility index (Phi) is 6.58. The third kappa shape index (κ3) is 4.46. The minimum atomic E-state index is -0.234. The Morgan fingerprint density at radius 3 is 2.25 bits per heavy atom. The van der Waals surface area contributed by atoms with Crippen LogP contribution < -0.4 is 4.90 Å². The Balaban J connectivity index is 1.81. The van der Waals surface area contributed by atoms with Crippen LogP contribution in [0.2, 0.25) is 0 Å². The molecular weight excluding hydrogens is 309 g/mol. The van der Waals surface area contributed by atoms with Crippen LogP contribution in [0, 0.1) is 5.82 Å². The Morgan fingerprint density at radius 1 is 1.04 bits per heavy atom. The number of halogens is 1. The van der Waals surface area contributed by atoms with Crippen molar-refractivity contribution in [3.63, 3.8) is 0 Å². The van der Waals surface area contributed by atoms with Gasteiger partial charge in [0.1, 0.15) is 5.82 Å². The lowest BCUT2D eigenvalue weighted by Crippen LogP contribution is -2.49. The molecule has 0 aromatic heterocycles. The third-order valence-corrected chi connectivity index (χ3v) is 4.49. The van der Waals surface area contributed by atoms with Crippen molar-refractivity contribution in [2.45, 2.75) is 26.7 Å². The van der Waals surface area contributed by atoms with Gasteiger partial charge in [-0.3, -0.25) is 9.59 Å². The molecule has 2 rings (SSSR count). The number of anilines is 1. The number of hydrogen-bond donors (Lipinski definition) is 0. The van der Waals surface area contributed by atoms with E-state index in [1.807, 2.05) is 24.8 Å². The van der Waals surface area contributed by atoms with Gasteiger partial charge < -0.3 is 14.7 Å². The summed E-state index contributed by atoms with van der Waals surface area (Å²) < 4.78 is 13.8. The van der Waals surface area contributed by atoms with Crippen molar-refractivity contribution in [2.75, 3.05) is 44.2 Å². The first-order chi connectivity index (χ1) is 11.6. The van der Waals surface area contributed by atoms with Crippen LogP contribution in [0.25, 0.3) is 0 Å². The highest BCUT2D eigenvalue weighted by Gasteiger charge is 2.23. The van der Waals surface area contributed by atoms with E-state index in [1.54, 1.807) is 21.9 Å². The number of carbonyl (C=O) groups is 2. The molecule has 0 bridgehead atoms. The van der Waals surface area contributed by atoms with Gasteiger partial charge in [0.25, 0.3) is 0 Å².